The number of benzene rings is 4. The molecule has 5 aliphatic heterocycles. The van der Waals surface area contributed by atoms with E-state index in [4.69, 9.17) is 9.47 Å². The monoisotopic (exact) mass is 767 g/mol. The van der Waals surface area contributed by atoms with Crippen LogP contribution in [0.15, 0.2) is 84.9 Å². The number of nitrogens with one attached hydrogen (secondary N) is 1. The molecule has 3 fully saturated rings. The van der Waals surface area contributed by atoms with Gasteiger partial charge in [0.05, 0.1) is 24.8 Å². The Bertz CT molecular complexity index is 2260. The van der Waals surface area contributed by atoms with Crippen LogP contribution in [-0.4, -0.2) is 107 Å². The molecule has 3 saturated heterocycles. The molecule has 12 heteroatoms. The molecule has 4 atom stereocenters. The number of rotatable bonds is 7. The van der Waals surface area contributed by atoms with E-state index in [9.17, 15) is 24.3 Å². The highest BCUT2D eigenvalue weighted by atomic mass is 16.5. The van der Waals surface area contributed by atoms with E-state index < -0.39 is 11.9 Å². The third-order valence-corrected chi connectivity index (χ3v) is 12.9. The van der Waals surface area contributed by atoms with Gasteiger partial charge in [0.15, 0.2) is 0 Å². The number of likely N-dealkylation sites (tertiary alicyclic amines) is 1. The number of fused-ring (bicyclic) bond motifs is 6. The van der Waals surface area contributed by atoms with Gasteiger partial charge in [-0.05, 0) is 83.8 Å². The molecule has 292 valence electrons. The number of piperazine rings is 1. The van der Waals surface area contributed by atoms with Crippen LogP contribution in [0, 0.1) is 0 Å². The van der Waals surface area contributed by atoms with Crippen LogP contribution in [0.2, 0.25) is 0 Å². The number of aromatic hydroxyl groups is 1. The molecule has 0 bridgehead atoms. The Morgan fingerprint density at radius 1 is 0.860 bits per heavy atom. The van der Waals surface area contributed by atoms with Crippen molar-refractivity contribution < 1.29 is 33.8 Å². The van der Waals surface area contributed by atoms with Crippen LogP contribution in [0.4, 0.5) is 5.69 Å². The van der Waals surface area contributed by atoms with Crippen molar-refractivity contribution in [2.75, 3.05) is 50.8 Å². The van der Waals surface area contributed by atoms with E-state index in [1.165, 1.54) is 22.3 Å². The van der Waals surface area contributed by atoms with E-state index in [1.807, 2.05) is 23.1 Å². The van der Waals surface area contributed by atoms with E-state index >= 15 is 0 Å². The fourth-order valence-corrected chi connectivity index (χ4v) is 9.95. The van der Waals surface area contributed by atoms with Crippen molar-refractivity contribution >= 4 is 29.3 Å². The van der Waals surface area contributed by atoms with Crippen LogP contribution in [0.5, 0.6) is 17.2 Å². The number of aryl methyl sites for hydroxylation is 1. The van der Waals surface area contributed by atoms with Crippen molar-refractivity contribution in [2.24, 2.45) is 0 Å². The number of phenolic OH excluding ortho intramolecular Hbond substituents is 1. The maximum atomic E-state index is 13.5. The molecule has 10 rings (SSSR count). The Morgan fingerprint density at radius 3 is 2.49 bits per heavy atom. The van der Waals surface area contributed by atoms with Crippen molar-refractivity contribution in [2.45, 2.75) is 62.3 Å². The fourth-order valence-electron chi connectivity index (χ4n) is 9.95. The molecule has 1 aliphatic carbocycles. The van der Waals surface area contributed by atoms with Gasteiger partial charge < -0.3 is 29.3 Å². The predicted molar refractivity (Wildman–Crippen MR) is 210 cm³/mol. The van der Waals surface area contributed by atoms with Gasteiger partial charge in [-0.1, -0.05) is 48.5 Å². The van der Waals surface area contributed by atoms with Crippen LogP contribution in [0.1, 0.15) is 69.3 Å². The molecule has 0 saturated carbocycles. The highest BCUT2D eigenvalue weighted by Gasteiger charge is 2.44. The maximum absolute atomic E-state index is 13.5. The number of piperidine rings is 1. The number of carbonyl (C=O) groups is 4. The number of carbonyl (C=O) groups excluding carboxylic acids is 4. The molecule has 1 unspecified atom stereocenters. The summed E-state index contributed by atoms with van der Waals surface area (Å²) in [5.41, 5.74) is 7.25. The molecule has 0 aromatic heterocycles. The first-order valence-electron chi connectivity index (χ1n) is 20.1. The zero-order valence-electron chi connectivity index (χ0n) is 31.6. The Morgan fingerprint density at radius 2 is 1.68 bits per heavy atom. The van der Waals surface area contributed by atoms with E-state index in [0.29, 0.717) is 75.3 Å². The summed E-state index contributed by atoms with van der Waals surface area (Å²) < 4.78 is 12.7. The summed E-state index contributed by atoms with van der Waals surface area (Å²) in [5.74, 6) is 1.45. The van der Waals surface area contributed by atoms with Crippen molar-refractivity contribution in [1.82, 2.24) is 20.0 Å². The summed E-state index contributed by atoms with van der Waals surface area (Å²) >= 11 is 0. The van der Waals surface area contributed by atoms with Gasteiger partial charge in [-0.25, -0.2) is 0 Å². The zero-order valence-corrected chi connectivity index (χ0v) is 31.6. The van der Waals surface area contributed by atoms with Crippen LogP contribution in [0.3, 0.4) is 0 Å². The minimum absolute atomic E-state index is 0.00996. The third-order valence-electron chi connectivity index (χ3n) is 12.9. The lowest BCUT2D eigenvalue weighted by atomic mass is 9.69. The second-order valence-corrected chi connectivity index (χ2v) is 16.3. The third kappa shape index (κ3) is 6.45. The number of imide groups is 1. The molecule has 0 radical (unpaired) electrons. The van der Waals surface area contributed by atoms with E-state index in [1.54, 1.807) is 11.0 Å². The molecular formula is C45H45N5O7. The number of ether oxygens (including phenoxy) is 2. The Labute approximate surface area is 330 Å². The molecule has 2 N–H and O–H groups in total. The molecule has 4 aromatic rings. The van der Waals surface area contributed by atoms with Gasteiger partial charge in [-0.3, -0.25) is 29.4 Å². The summed E-state index contributed by atoms with van der Waals surface area (Å²) in [6.45, 7) is 4.15. The average Bonchev–Trinajstić information content (AvgIpc) is 3.55. The number of hydrogen-bond acceptors (Lipinski definition) is 9. The lowest BCUT2D eigenvalue weighted by Crippen LogP contribution is -2.61. The summed E-state index contributed by atoms with van der Waals surface area (Å²) in [4.78, 5) is 59.0. The highest BCUT2D eigenvalue weighted by molar-refractivity contribution is 6.06. The van der Waals surface area contributed by atoms with E-state index in [-0.39, 0.29) is 48.8 Å². The SMILES string of the molecule is O=C1CCC(N2Cc3c(ccc4c3OC[C@@H]3CN(C(=O)CN5CC(Oc6ccc([C@@H]7c8ccc(O)cc8CC[C@@H]7c7ccccc7)cc6)C5)CCN43)C2=O)C(=O)N1. The van der Waals surface area contributed by atoms with Gasteiger partial charge in [-0.15, -0.1) is 0 Å². The largest absolute Gasteiger partial charge is 0.508 e. The summed E-state index contributed by atoms with van der Waals surface area (Å²) in [6.07, 6.45) is 2.48. The van der Waals surface area contributed by atoms with Crippen LogP contribution in [0.25, 0.3) is 0 Å². The normalized spacial score (nSPS) is 24.4. The number of phenols is 1. The molecule has 0 spiro atoms. The Kier molecular flexibility index (Phi) is 8.88. The first kappa shape index (κ1) is 35.5. The fraction of sp³-hybridized carbons (Fsp3) is 0.378. The van der Waals surface area contributed by atoms with E-state index in [0.717, 1.165) is 29.8 Å². The lowest BCUT2D eigenvalue weighted by Gasteiger charge is -2.46. The van der Waals surface area contributed by atoms with Gasteiger partial charge in [0.25, 0.3) is 5.91 Å². The summed E-state index contributed by atoms with van der Waals surface area (Å²) in [6, 6.07) is 28.0. The Hall–Kier alpha value is -5.88. The molecular weight excluding hydrogens is 723 g/mol. The van der Waals surface area contributed by atoms with Gasteiger partial charge in [0.1, 0.15) is 36.0 Å². The molecule has 6 aliphatic rings. The minimum atomic E-state index is -0.680. The van der Waals surface area contributed by atoms with Crippen molar-refractivity contribution in [3.8, 4) is 17.2 Å². The lowest BCUT2D eigenvalue weighted by molar-refractivity contribution is -0.137. The molecule has 4 aromatic carbocycles. The van der Waals surface area contributed by atoms with Gasteiger partial charge in [-0.2, -0.15) is 0 Å². The number of anilines is 1. The topological polar surface area (TPSA) is 132 Å². The summed E-state index contributed by atoms with van der Waals surface area (Å²) in [7, 11) is 0. The number of hydrogen-bond donors (Lipinski definition) is 2. The number of nitrogens with zero attached hydrogens (tertiary/aromatic N) is 4. The maximum Gasteiger partial charge on any atom is 0.255 e. The molecule has 5 heterocycles. The Balaban J connectivity index is 0.733. The van der Waals surface area contributed by atoms with Crippen LogP contribution in [-0.2, 0) is 27.3 Å². The highest BCUT2D eigenvalue weighted by Crippen LogP contribution is 2.47. The zero-order chi connectivity index (χ0) is 38.8. The predicted octanol–water partition coefficient (Wildman–Crippen LogP) is 4.19. The van der Waals surface area contributed by atoms with Crippen molar-refractivity contribution in [3.05, 3.63) is 118 Å². The van der Waals surface area contributed by atoms with Gasteiger partial charge >= 0.3 is 0 Å². The van der Waals surface area contributed by atoms with Crippen LogP contribution >= 0.6 is 0 Å². The van der Waals surface area contributed by atoms with Crippen molar-refractivity contribution in [3.63, 3.8) is 0 Å². The number of amides is 4. The molecule has 57 heavy (non-hydrogen) atoms. The first-order valence-corrected chi connectivity index (χ1v) is 20.1. The van der Waals surface area contributed by atoms with Crippen molar-refractivity contribution in [1.29, 1.82) is 0 Å². The minimum Gasteiger partial charge on any atom is -0.508 e. The second-order valence-electron chi connectivity index (χ2n) is 16.3. The van der Waals surface area contributed by atoms with Gasteiger partial charge in [0.2, 0.25) is 17.7 Å². The van der Waals surface area contributed by atoms with Gasteiger partial charge in [0, 0.05) is 56.2 Å². The molecule has 12 nitrogen and oxygen atoms in total. The average molecular weight is 768 g/mol. The summed E-state index contributed by atoms with van der Waals surface area (Å²) in [5, 5.41) is 12.5. The standard InChI is InChI=1S/C45H45N5O7/c51-31-9-13-35-29(20-31)8-12-34(27-4-2-1-3-5-27)42(35)28-6-10-32(11-7-28)57-33-22-47(23-33)25-41(53)48-18-19-49-30(21-48)26-56-43-37-24-50(39-16-17-40(52)46-44(39)54)45(55)36(37)14-15-38(43)49/h1-7,9-11,13-15,20,30,33-34,39,42,51H,8,12,16-19,21-26H2,(H,46,52,54)/t30-,34+,39?,42-/m0/s1. The smallest absolute Gasteiger partial charge is 0.255 e. The van der Waals surface area contributed by atoms with E-state index in [2.05, 4.69) is 75.8 Å². The first-order chi connectivity index (χ1) is 27.8. The molecule has 4 amide bonds. The quantitative estimate of drug-likeness (QED) is 0.266. The second kappa shape index (κ2) is 14.3. The van der Waals surface area contributed by atoms with Crippen LogP contribution < -0.4 is 19.7 Å².